The zero-order valence-corrected chi connectivity index (χ0v) is 13.5. The highest BCUT2D eigenvalue weighted by Gasteiger charge is 2.54. The molecule has 4 heteroatoms. The first-order chi connectivity index (χ1) is 9.20. The maximum Gasteiger partial charge on any atom is 0.0535 e. The van der Waals surface area contributed by atoms with Gasteiger partial charge >= 0.3 is 0 Å². The van der Waals surface area contributed by atoms with Crippen molar-refractivity contribution in [2.75, 3.05) is 0 Å². The number of hydrazine groups is 1. The van der Waals surface area contributed by atoms with Gasteiger partial charge in [-0.1, -0.05) is 0 Å². The Kier molecular flexibility index (Phi) is 3.07. The van der Waals surface area contributed by atoms with E-state index in [9.17, 15) is 0 Å². The fourth-order valence-electron chi connectivity index (χ4n) is 5.62. The number of nitrogens with one attached hydrogen (secondary N) is 1. The van der Waals surface area contributed by atoms with E-state index in [4.69, 9.17) is 5.84 Å². The highest BCUT2D eigenvalue weighted by Crippen LogP contribution is 2.64. The van der Waals surface area contributed by atoms with Crippen LogP contribution in [0.5, 0.6) is 0 Å². The normalized spacial score (nSPS) is 41.7. The van der Waals surface area contributed by atoms with Gasteiger partial charge in [0.05, 0.1) is 6.04 Å². The molecule has 4 aliphatic rings. The number of thiophene rings is 1. The first-order valence-electron chi connectivity index (χ1n) is 7.38. The van der Waals surface area contributed by atoms with Gasteiger partial charge in [-0.15, -0.1) is 0 Å². The molecule has 0 amide bonds. The van der Waals surface area contributed by atoms with E-state index < -0.39 is 0 Å². The molecule has 3 N–H and O–H groups in total. The Morgan fingerprint density at radius 3 is 2.16 bits per heavy atom. The van der Waals surface area contributed by atoms with Crippen molar-refractivity contribution in [3.8, 4) is 0 Å². The van der Waals surface area contributed by atoms with E-state index in [1.807, 2.05) is 0 Å². The van der Waals surface area contributed by atoms with Crippen LogP contribution in [0.3, 0.4) is 0 Å². The molecule has 4 bridgehead atoms. The Morgan fingerprint density at radius 2 is 1.74 bits per heavy atom. The lowest BCUT2D eigenvalue weighted by molar-refractivity contribution is -0.0749. The number of halogens is 1. The van der Waals surface area contributed by atoms with E-state index in [2.05, 4.69) is 32.1 Å². The molecular weight excluding hydrogens is 320 g/mol. The zero-order chi connectivity index (χ0) is 13.0. The fraction of sp³-hybridized carbons (Fsp3) is 0.733. The Labute approximate surface area is 127 Å². The van der Waals surface area contributed by atoms with E-state index in [0.717, 1.165) is 17.8 Å². The van der Waals surface area contributed by atoms with Gasteiger partial charge in [0.1, 0.15) is 0 Å². The lowest BCUT2D eigenvalue weighted by Gasteiger charge is -2.59. The van der Waals surface area contributed by atoms with Crippen LogP contribution in [-0.4, -0.2) is 0 Å². The van der Waals surface area contributed by atoms with Gasteiger partial charge in [-0.3, -0.25) is 11.3 Å². The highest BCUT2D eigenvalue weighted by molar-refractivity contribution is 9.10. The molecule has 4 fully saturated rings. The van der Waals surface area contributed by atoms with Gasteiger partial charge in [0.15, 0.2) is 0 Å². The van der Waals surface area contributed by atoms with Gasteiger partial charge in [0.2, 0.25) is 0 Å². The second-order valence-electron chi connectivity index (χ2n) is 7.05. The molecular formula is C15H21BrN2S. The Balaban J connectivity index is 1.72. The second kappa shape index (κ2) is 4.55. The average molecular weight is 341 g/mol. The third kappa shape index (κ3) is 1.95. The fourth-order valence-corrected chi connectivity index (χ4v) is 7.18. The third-order valence-corrected chi connectivity index (χ3v) is 7.57. The van der Waals surface area contributed by atoms with Crippen LogP contribution in [0.15, 0.2) is 15.2 Å². The van der Waals surface area contributed by atoms with Crippen LogP contribution in [0.25, 0.3) is 0 Å². The summed E-state index contributed by atoms with van der Waals surface area (Å²) in [6, 6.07) is 0.335. The summed E-state index contributed by atoms with van der Waals surface area (Å²) in [5, 5.41) is 4.45. The minimum absolute atomic E-state index is 0.335. The SMILES string of the molecule is NNC(c1cscc1Br)C12CC3CC(CC(C3)C1)C2. The van der Waals surface area contributed by atoms with Crippen molar-refractivity contribution in [1.29, 1.82) is 0 Å². The topological polar surface area (TPSA) is 38.0 Å². The molecule has 104 valence electrons. The Bertz CT molecular complexity index is 449. The van der Waals surface area contributed by atoms with Gasteiger partial charge in [0, 0.05) is 9.85 Å². The Morgan fingerprint density at radius 1 is 1.16 bits per heavy atom. The van der Waals surface area contributed by atoms with E-state index >= 15 is 0 Å². The summed E-state index contributed by atoms with van der Waals surface area (Å²) in [5.74, 6) is 8.90. The first-order valence-corrected chi connectivity index (χ1v) is 9.11. The van der Waals surface area contributed by atoms with Crippen molar-refractivity contribution in [2.24, 2.45) is 29.0 Å². The van der Waals surface area contributed by atoms with E-state index in [-0.39, 0.29) is 0 Å². The maximum atomic E-state index is 5.99. The van der Waals surface area contributed by atoms with Gasteiger partial charge in [0.25, 0.3) is 0 Å². The van der Waals surface area contributed by atoms with Crippen molar-refractivity contribution in [1.82, 2.24) is 5.43 Å². The molecule has 0 aromatic carbocycles. The molecule has 0 radical (unpaired) electrons. The summed E-state index contributed by atoms with van der Waals surface area (Å²) in [6.07, 6.45) is 8.62. The van der Waals surface area contributed by atoms with Gasteiger partial charge in [-0.05, 0) is 88.6 Å². The van der Waals surface area contributed by atoms with Crippen molar-refractivity contribution in [3.05, 3.63) is 20.8 Å². The molecule has 0 saturated heterocycles. The monoisotopic (exact) mass is 340 g/mol. The minimum atomic E-state index is 0.335. The van der Waals surface area contributed by atoms with Crippen LogP contribution in [0, 0.1) is 23.2 Å². The standard InChI is InChI=1S/C15H21BrN2S/c16-13-8-19-7-12(13)14(18-17)15-4-9-1-10(5-15)3-11(2-9)6-15/h7-11,14,18H,1-6,17H2. The molecule has 1 aromatic heterocycles. The van der Waals surface area contributed by atoms with Crippen LogP contribution in [0.2, 0.25) is 0 Å². The summed E-state index contributed by atoms with van der Waals surface area (Å²) in [4.78, 5) is 0. The van der Waals surface area contributed by atoms with Crippen molar-refractivity contribution < 1.29 is 0 Å². The number of nitrogens with two attached hydrogens (primary N) is 1. The summed E-state index contributed by atoms with van der Waals surface area (Å²) in [7, 11) is 0. The van der Waals surface area contributed by atoms with Crippen LogP contribution >= 0.6 is 27.3 Å². The molecule has 1 unspecified atom stereocenters. The number of hydrogen-bond donors (Lipinski definition) is 2. The average Bonchev–Trinajstić information content (AvgIpc) is 2.74. The van der Waals surface area contributed by atoms with Gasteiger partial charge in [-0.2, -0.15) is 11.3 Å². The predicted octanol–water partition coefficient (Wildman–Crippen LogP) is 4.23. The van der Waals surface area contributed by atoms with Crippen molar-refractivity contribution in [2.45, 2.75) is 44.6 Å². The quantitative estimate of drug-likeness (QED) is 0.638. The molecule has 1 heterocycles. The van der Waals surface area contributed by atoms with Gasteiger partial charge < -0.3 is 0 Å². The molecule has 5 rings (SSSR count). The minimum Gasteiger partial charge on any atom is -0.271 e. The molecule has 4 saturated carbocycles. The first kappa shape index (κ1) is 12.8. The summed E-state index contributed by atoms with van der Waals surface area (Å²) in [5.41, 5.74) is 4.99. The number of hydrogen-bond acceptors (Lipinski definition) is 3. The molecule has 1 atom stereocenters. The molecule has 1 aromatic rings. The third-order valence-electron chi connectivity index (χ3n) is 5.82. The predicted molar refractivity (Wildman–Crippen MR) is 82.7 cm³/mol. The van der Waals surface area contributed by atoms with E-state index in [1.165, 1.54) is 48.6 Å². The lowest BCUT2D eigenvalue weighted by Crippen LogP contribution is -2.53. The Hall–Kier alpha value is 0.100. The molecule has 0 spiro atoms. The highest BCUT2D eigenvalue weighted by atomic mass is 79.9. The van der Waals surface area contributed by atoms with Crippen LogP contribution in [0.4, 0.5) is 0 Å². The van der Waals surface area contributed by atoms with Crippen molar-refractivity contribution >= 4 is 27.3 Å². The summed E-state index contributed by atoms with van der Waals surface area (Å²) < 4.78 is 1.23. The second-order valence-corrected chi connectivity index (χ2v) is 8.65. The van der Waals surface area contributed by atoms with Crippen LogP contribution < -0.4 is 11.3 Å². The van der Waals surface area contributed by atoms with Crippen LogP contribution in [-0.2, 0) is 0 Å². The van der Waals surface area contributed by atoms with E-state index in [1.54, 1.807) is 11.3 Å². The summed E-state index contributed by atoms with van der Waals surface area (Å²) >= 11 is 5.47. The molecule has 2 nitrogen and oxygen atoms in total. The molecule has 0 aliphatic heterocycles. The molecule has 19 heavy (non-hydrogen) atoms. The largest absolute Gasteiger partial charge is 0.271 e. The number of rotatable bonds is 3. The maximum absolute atomic E-state index is 5.99. The van der Waals surface area contributed by atoms with Crippen molar-refractivity contribution in [3.63, 3.8) is 0 Å². The van der Waals surface area contributed by atoms with E-state index in [0.29, 0.717) is 11.5 Å². The zero-order valence-electron chi connectivity index (χ0n) is 11.1. The smallest absolute Gasteiger partial charge is 0.0535 e. The summed E-state index contributed by atoms with van der Waals surface area (Å²) in [6.45, 7) is 0. The lowest BCUT2D eigenvalue weighted by atomic mass is 9.47. The van der Waals surface area contributed by atoms with Crippen LogP contribution in [0.1, 0.15) is 50.1 Å². The van der Waals surface area contributed by atoms with Gasteiger partial charge in [-0.25, -0.2) is 0 Å². The molecule has 4 aliphatic carbocycles.